The smallest absolute Gasteiger partial charge is 0.162 e. The molecule has 0 aliphatic carbocycles. The Morgan fingerprint density at radius 2 is 1.76 bits per heavy atom. The number of nitrogens with one attached hydrogen (secondary N) is 1. The summed E-state index contributed by atoms with van der Waals surface area (Å²) in [5.41, 5.74) is 7.38. The van der Waals surface area contributed by atoms with Crippen LogP contribution in [0.3, 0.4) is 0 Å². The molecule has 0 bridgehead atoms. The van der Waals surface area contributed by atoms with Gasteiger partial charge in [-0.05, 0) is 42.8 Å². The molecule has 0 saturated carbocycles. The summed E-state index contributed by atoms with van der Waals surface area (Å²) in [5, 5.41) is 9.45. The average molecular weight is 330 g/mol. The number of fused-ring (bicyclic) bond motifs is 1. The van der Waals surface area contributed by atoms with Gasteiger partial charge in [0.25, 0.3) is 0 Å². The van der Waals surface area contributed by atoms with Gasteiger partial charge in [-0.2, -0.15) is 0 Å². The molecule has 0 radical (unpaired) electrons. The molecule has 5 heteroatoms. The molecular formula is C20H18N4O. The molecule has 5 nitrogen and oxygen atoms in total. The van der Waals surface area contributed by atoms with Gasteiger partial charge in [-0.1, -0.05) is 30.3 Å². The average Bonchev–Trinajstić information content (AvgIpc) is 3.08. The molecule has 2 aliphatic heterocycles. The predicted molar refractivity (Wildman–Crippen MR) is 98.0 cm³/mol. The van der Waals surface area contributed by atoms with Gasteiger partial charge in [-0.25, -0.2) is 14.6 Å². The zero-order valence-corrected chi connectivity index (χ0v) is 13.8. The normalized spacial score (nSPS) is 12.2. The summed E-state index contributed by atoms with van der Waals surface area (Å²) in [4.78, 5) is 9.04. The number of aromatic hydroxyl groups is 1. The number of hydrogen-bond acceptors (Lipinski definition) is 4. The summed E-state index contributed by atoms with van der Waals surface area (Å²) in [6, 6.07) is 19.4. The molecule has 0 spiro atoms. The molecule has 0 amide bonds. The molecule has 2 N–H and O–H groups in total. The van der Waals surface area contributed by atoms with Gasteiger partial charge in [-0.3, -0.25) is 0 Å². The first-order valence-corrected chi connectivity index (χ1v) is 8.15. The summed E-state index contributed by atoms with van der Waals surface area (Å²) in [6.45, 7) is 2.10. The topological polar surface area (TPSA) is 63.0 Å². The lowest BCUT2D eigenvalue weighted by Gasteiger charge is -2.19. The monoisotopic (exact) mass is 330 g/mol. The number of phenolic OH excluding ortho intramolecular Hbond substituents is 1. The molecule has 2 aliphatic rings. The predicted octanol–water partition coefficient (Wildman–Crippen LogP) is 4.06. The zero-order chi connectivity index (χ0) is 17.2. The fraction of sp³-hybridized carbons (Fsp3) is 0.100. The van der Waals surface area contributed by atoms with E-state index in [1.165, 1.54) is 5.56 Å². The van der Waals surface area contributed by atoms with Crippen LogP contribution in [0.4, 0.5) is 0 Å². The van der Waals surface area contributed by atoms with Crippen LogP contribution in [0.1, 0.15) is 18.5 Å². The van der Waals surface area contributed by atoms with Crippen LogP contribution in [-0.4, -0.2) is 19.8 Å². The molecule has 2 heterocycles. The van der Waals surface area contributed by atoms with Crippen molar-refractivity contribution in [1.82, 2.24) is 14.6 Å². The van der Waals surface area contributed by atoms with E-state index in [-0.39, 0.29) is 11.8 Å². The highest BCUT2D eigenvalue weighted by Gasteiger charge is 2.15. The molecule has 4 rings (SSSR count). The lowest BCUT2D eigenvalue weighted by molar-refractivity contribution is 0.475. The quantitative estimate of drug-likeness (QED) is 0.592. The summed E-state index contributed by atoms with van der Waals surface area (Å²) < 4.78 is 1.86. The molecule has 0 fully saturated rings. The van der Waals surface area contributed by atoms with Crippen molar-refractivity contribution in [3.05, 3.63) is 78.8 Å². The highest BCUT2D eigenvalue weighted by molar-refractivity contribution is 5.71. The number of benzene rings is 2. The van der Waals surface area contributed by atoms with Crippen molar-refractivity contribution in [2.24, 2.45) is 0 Å². The van der Waals surface area contributed by atoms with E-state index >= 15 is 0 Å². The van der Waals surface area contributed by atoms with E-state index in [1.54, 1.807) is 24.7 Å². The SMILES string of the molecule is C[C@@H](Nn1cncc2cc(-c3ccc(O)cc3)nc1-2)c1ccccc1. The highest BCUT2D eigenvalue weighted by Crippen LogP contribution is 2.29. The number of rotatable bonds is 4. The Kier molecular flexibility index (Phi) is 3.82. The molecule has 0 unspecified atom stereocenters. The van der Waals surface area contributed by atoms with Gasteiger partial charge in [0.15, 0.2) is 5.82 Å². The van der Waals surface area contributed by atoms with Gasteiger partial charge in [0.1, 0.15) is 12.1 Å². The molecule has 2 aromatic rings. The number of hydrogen-bond donors (Lipinski definition) is 2. The third-order valence-electron chi connectivity index (χ3n) is 4.20. The van der Waals surface area contributed by atoms with E-state index in [2.05, 4.69) is 29.5 Å². The second-order valence-electron chi connectivity index (χ2n) is 5.99. The van der Waals surface area contributed by atoms with E-state index < -0.39 is 0 Å². The Hall–Kier alpha value is -3.34. The summed E-state index contributed by atoms with van der Waals surface area (Å²) >= 11 is 0. The Bertz CT molecular complexity index is 947. The largest absolute Gasteiger partial charge is 0.508 e. The van der Waals surface area contributed by atoms with E-state index in [4.69, 9.17) is 4.98 Å². The molecule has 124 valence electrons. The van der Waals surface area contributed by atoms with E-state index in [0.717, 1.165) is 22.6 Å². The lowest BCUT2D eigenvalue weighted by Crippen LogP contribution is -2.21. The van der Waals surface area contributed by atoms with Gasteiger partial charge in [-0.15, -0.1) is 0 Å². The zero-order valence-electron chi connectivity index (χ0n) is 13.8. The standard InChI is InChI=1S/C20H18N4O/c1-14(15-5-3-2-4-6-15)23-24-13-21-12-17-11-19(22-20(17)24)16-7-9-18(25)10-8-16/h2-14,23,25H,1H3/t14-/m1/s1. The van der Waals surface area contributed by atoms with Crippen LogP contribution in [0.2, 0.25) is 0 Å². The van der Waals surface area contributed by atoms with E-state index in [0.29, 0.717) is 0 Å². The van der Waals surface area contributed by atoms with E-state index in [1.807, 2.05) is 41.1 Å². The molecule has 0 saturated heterocycles. The maximum atomic E-state index is 9.45. The molecule has 1 atom stereocenters. The minimum Gasteiger partial charge on any atom is -0.508 e. The third-order valence-corrected chi connectivity index (χ3v) is 4.20. The lowest BCUT2D eigenvalue weighted by atomic mass is 10.1. The first-order valence-electron chi connectivity index (χ1n) is 8.15. The molecule has 0 aromatic heterocycles. The van der Waals surface area contributed by atoms with Gasteiger partial charge in [0.2, 0.25) is 0 Å². The first kappa shape index (κ1) is 15.2. The number of nitrogens with zero attached hydrogens (tertiary/aromatic N) is 3. The second kappa shape index (κ2) is 6.28. The van der Waals surface area contributed by atoms with Crippen molar-refractivity contribution in [2.75, 3.05) is 5.43 Å². The van der Waals surface area contributed by atoms with Crippen molar-refractivity contribution in [2.45, 2.75) is 13.0 Å². The molecular weight excluding hydrogens is 312 g/mol. The van der Waals surface area contributed by atoms with Gasteiger partial charge in [0.05, 0.1) is 11.7 Å². The Morgan fingerprint density at radius 1 is 1.00 bits per heavy atom. The first-order chi connectivity index (χ1) is 12.2. The van der Waals surface area contributed by atoms with Crippen LogP contribution < -0.4 is 5.43 Å². The van der Waals surface area contributed by atoms with Crippen LogP contribution in [0.25, 0.3) is 22.6 Å². The minimum atomic E-state index is 0.118. The summed E-state index contributed by atoms with van der Waals surface area (Å²) in [6.07, 6.45) is 3.53. The van der Waals surface area contributed by atoms with Crippen molar-refractivity contribution < 1.29 is 5.11 Å². The Morgan fingerprint density at radius 3 is 2.52 bits per heavy atom. The van der Waals surface area contributed by atoms with Crippen LogP contribution in [0.15, 0.2) is 73.2 Å². The Balaban J connectivity index is 1.67. The van der Waals surface area contributed by atoms with Crippen LogP contribution in [-0.2, 0) is 0 Å². The third kappa shape index (κ3) is 3.04. The fourth-order valence-corrected chi connectivity index (χ4v) is 2.85. The number of aromatic nitrogens is 3. The fourth-order valence-electron chi connectivity index (χ4n) is 2.85. The van der Waals surface area contributed by atoms with Crippen molar-refractivity contribution in [3.63, 3.8) is 0 Å². The summed E-state index contributed by atoms with van der Waals surface area (Å²) in [7, 11) is 0. The molecule has 2 aromatic carbocycles. The Labute approximate surface area is 145 Å². The minimum absolute atomic E-state index is 0.118. The van der Waals surface area contributed by atoms with E-state index in [9.17, 15) is 5.11 Å². The van der Waals surface area contributed by atoms with Gasteiger partial charge < -0.3 is 10.5 Å². The van der Waals surface area contributed by atoms with Crippen molar-refractivity contribution in [1.29, 1.82) is 0 Å². The van der Waals surface area contributed by atoms with Crippen LogP contribution in [0, 0.1) is 0 Å². The summed E-state index contributed by atoms with van der Waals surface area (Å²) in [5.74, 6) is 1.07. The second-order valence-corrected chi connectivity index (χ2v) is 5.99. The van der Waals surface area contributed by atoms with Gasteiger partial charge in [0, 0.05) is 17.3 Å². The molecule has 25 heavy (non-hydrogen) atoms. The van der Waals surface area contributed by atoms with Crippen molar-refractivity contribution in [3.8, 4) is 28.4 Å². The number of phenols is 1. The van der Waals surface area contributed by atoms with Gasteiger partial charge >= 0.3 is 0 Å². The van der Waals surface area contributed by atoms with Crippen molar-refractivity contribution >= 4 is 0 Å². The van der Waals surface area contributed by atoms with Crippen LogP contribution >= 0.6 is 0 Å². The van der Waals surface area contributed by atoms with Crippen LogP contribution in [0.5, 0.6) is 5.75 Å². The highest BCUT2D eigenvalue weighted by atomic mass is 16.3. The maximum absolute atomic E-state index is 9.45. The maximum Gasteiger partial charge on any atom is 0.162 e.